The number of furan rings is 2. The molecule has 10 aromatic rings. The van der Waals surface area contributed by atoms with Gasteiger partial charge in [0, 0.05) is 44.1 Å². The van der Waals surface area contributed by atoms with Crippen molar-refractivity contribution >= 4 is 82.5 Å². The maximum absolute atomic E-state index is 15.7. The summed E-state index contributed by atoms with van der Waals surface area (Å²) in [7, 11) is 0. The molecule has 0 aliphatic heterocycles. The van der Waals surface area contributed by atoms with Gasteiger partial charge in [0.05, 0.1) is 22.0 Å². The average molecular weight is 900 g/mol. The molecule has 0 N–H and O–H groups in total. The number of para-hydroxylation sites is 2. The number of halogens is 3. The van der Waals surface area contributed by atoms with Gasteiger partial charge in [0.15, 0.2) is 0 Å². The van der Waals surface area contributed by atoms with Crippen molar-refractivity contribution in [2.75, 3.05) is 0 Å². The van der Waals surface area contributed by atoms with Crippen LogP contribution >= 0.6 is 0 Å². The van der Waals surface area contributed by atoms with Crippen molar-refractivity contribution in [3.8, 4) is 11.1 Å². The molecule has 3 heterocycles. The number of nitrogens with zero attached hydrogens (tertiary/aromatic N) is 1. The molecule has 0 unspecified atom stereocenters. The van der Waals surface area contributed by atoms with Gasteiger partial charge >= 0.3 is 6.18 Å². The van der Waals surface area contributed by atoms with E-state index in [0.717, 1.165) is 94.3 Å². The third kappa shape index (κ3) is 7.13. The van der Waals surface area contributed by atoms with Crippen LogP contribution in [-0.4, -0.2) is 4.57 Å². The lowest BCUT2D eigenvalue weighted by atomic mass is 9.71. The summed E-state index contributed by atoms with van der Waals surface area (Å²) in [4.78, 5) is 0. The zero-order valence-corrected chi connectivity index (χ0v) is 39.2. The molecule has 68 heavy (non-hydrogen) atoms. The summed E-state index contributed by atoms with van der Waals surface area (Å²) < 4.78 is 62.2. The van der Waals surface area contributed by atoms with E-state index in [0.29, 0.717) is 33.6 Å². The number of aromatic nitrogens is 1. The minimum Gasteiger partial charge on any atom is -0.456 e. The summed E-state index contributed by atoms with van der Waals surface area (Å²) in [5, 5.41) is 5.50. The lowest BCUT2D eigenvalue weighted by molar-refractivity contribution is -0.137. The fourth-order valence-corrected chi connectivity index (χ4v) is 10.7. The predicted molar refractivity (Wildman–Crippen MR) is 280 cm³/mol. The zero-order valence-electron chi connectivity index (χ0n) is 39.2. The average Bonchev–Trinajstić information content (AvgIpc) is 4.00. The van der Waals surface area contributed by atoms with E-state index in [4.69, 9.17) is 22.0 Å². The van der Waals surface area contributed by atoms with Crippen molar-refractivity contribution < 1.29 is 22.0 Å². The van der Waals surface area contributed by atoms with E-state index >= 15 is 13.2 Å². The van der Waals surface area contributed by atoms with Crippen LogP contribution in [0.3, 0.4) is 0 Å². The molecule has 0 saturated carbocycles. The molecule has 10 rings (SSSR count). The predicted octanol–water partition coefficient (Wildman–Crippen LogP) is 18.9. The summed E-state index contributed by atoms with van der Waals surface area (Å²) in [5.74, 6) is -0.429. The highest BCUT2D eigenvalue weighted by molar-refractivity contribution is 6.26. The maximum atomic E-state index is 15.7. The van der Waals surface area contributed by atoms with Gasteiger partial charge in [0.2, 0.25) is 0 Å². The highest BCUT2D eigenvalue weighted by atomic mass is 19.4. The molecule has 0 fully saturated rings. The smallest absolute Gasteiger partial charge is 0.417 e. The van der Waals surface area contributed by atoms with Gasteiger partial charge in [-0.2, -0.15) is 13.2 Å². The molecule has 0 amide bonds. The molecule has 3 aromatic heterocycles. The van der Waals surface area contributed by atoms with E-state index in [-0.39, 0.29) is 5.56 Å². The second-order valence-electron chi connectivity index (χ2n) is 18.8. The highest BCUT2D eigenvalue weighted by Gasteiger charge is 2.38. The van der Waals surface area contributed by atoms with Crippen LogP contribution in [0, 0.1) is 12.3 Å². The fourth-order valence-electron chi connectivity index (χ4n) is 10.7. The van der Waals surface area contributed by atoms with Crippen LogP contribution in [0.1, 0.15) is 74.8 Å². The molecule has 0 bridgehead atoms. The first-order valence-corrected chi connectivity index (χ1v) is 23.1. The van der Waals surface area contributed by atoms with Crippen LogP contribution in [-0.2, 0) is 6.18 Å². The van der Waals surface area contributed by atoms with Crippen molar-refractivity contribution in [3.63, 3.8) is 0 Å². The van der Waals surface area contributed by atoms with E-state index in [9.17, 15) is 0 Å². The van der Waals surface area contributed by atoms with Gasteiger partial charge in [-0.1, -0.05) is 158 Å². The number of rotatable bonds is 10. The van der Waals surface area contributed by atoms with Crippen molar-refractivity contribution in [1.82, 2.24) is 4.57 Å². The molecular weight excluding hydrogens is 848 g/mol. The van der Waals surface area contributed by atoms with Crippen LogP contribution in [0.5, 0.6) is 0 Å². The lowest BCUT2D eigenvalue weighted by Gasteiger charge is -2.34. The first-order valence-electron chi connectivity index (χ1n) is 23.1. The van der Waals surface area contributed by atoms with E-state index in [2.05, 4.69) is 95.2 Å². The van der Waals surface area contributed by atoms with Crippen molar-refractivity contribution in [3.05, 3.63) is 210 Å². The molecule has 338 valence electrons. The molecule has 0 saturated heterocycles. The zero-order chi connectivity index (χ0) is 47.8. The Morgan fingerprint density at radius 3 is 2.03 bits per heavy atom. The maximum Gasteiger partial charge on any atom is 0.417 e. The van der Waals surface area contributed by atoms with Gasteiger partial charge in [-0.25, -0.2) is 0 Å². The van der Waals surface area contributed by atoms with Gasteiger partial charge in [-0.05, 0) is 117 Å². The molecule has 0 spiro atoms. The molecule has 6 heteroatoms. The van der Waals surface area contributed by atoms with Crippen molar-refractivity contribution in [2.24, 2.45) is 5.41 Å². The molecule has 0 radical (unpaired) electrons. The van der Waals surface area contributed by atoms with E-state index in [1.54, 1.807) is 18.2 Å². The fraction of sp³-hybridized carbons (Fsp3) is 0.161. The van der Waals surface area contributed by atoms with Crippen LogP contribution < -0.4 is 0 Å². The van der Waals surface area contributed by atoms with Gasteiger partial charge < -0.3 is 13.4 Å². The van der Waals surface area contributed by atoms with Crippen LogP contribution in [0.15, 0.2) is 191 Å². The minimum absolute atomic E-state index is 0.0222. The largest absolute Gasteiger partial charge is 0.456 e. The Balaban J connectivity index is 1.33. The van der Waals surface area contributed by atoms with Crippen molar-refractivity contribution in [2.45, 2.75) is 60.1 Å². The third-order valence-corrected chi connectivity index (χ3v) is 13.7. The SMILES string of the molecule is C=C/C=C(\CC)c1ccc2oc3ccc4c5ccccc5n(C(=C)/C(=C(\C(=C)[C@H](C)c5c(-c6ccccc6C)ccc6oc7ccccc7c56)C(C)(C)C)c5ccccc5C(F)(F)F)c4c3c2c1. The molecule has 1 atom stereocenters. The second-order valence-corrected chi connectivity index (χ2v) is 18.8. The summed E-state index contributed by atoms with van der Waals surface area (Å²) in [6, 6.07) is 44.5. The van der Waals surface area contributed by atoms with Gasteiger partial charge in [-0.3, -0.25) is 0 Å². The second kappa shape index (κ2) is 16.6. The third-order valence-electron chi connectivity index (χ3n) is 13.7. The van der Waals surface area contributed by atoms with E-state index in [1.165, 1.54) is 12.1 Å². The van der Waals surface area contributed by atoms with E-state index < -0.39 is 23.1 Å². The molecular formula is C62H52F3NO2. The Kier molecular flexibility index (Phi) is 10.8. The monoisotopic (exact) mass is 899 g/mol. The molecule has 3 nitrogen and oxygen atoms in total. The molecule has 7 aromatic carbocycles. The Morgan fingerprint density at radius 2 is 1.31 bits per heavy atom. The number of allylic oxidation sites excluding steroid dienone is 7. The quantitative estimate of drug-likeness (QED) is 0.128. The number of alkyl halides is 3. The summed E-state index contributed by atoms with van der Waals surface area (Å²) in [6.07, 6.45) is -0.0821. The summed E-state index contributed by atoms with van der Waals surface area (Å²) >= 11 is 0. The molecule has 0 aliphatic rings. The first kappa shape index (κ1) is 44.3. The number of hydrogen-bond acceptors (Lipinski definition) is 2. The summed E-state index contributed by atoms with van der Waals surface area (Å²) in [6.45, 7) is 26.3. The topological polar surface area (TPSA) is 31.2 Å². The summed E-state index contributed by atoms with van der Waals surface area (Å²) in [5.41, 5.74) is 11.3. The van der Waals surface area contributed by atoms with Gasteiger partial charge in [-0.15, -0.1) is 0 Å². The standard InChI is InChI=1S/C62H52F3NO2/c1-10-20-40(11-2)41-29-32-52-48(35-41)58-54(68-52)34-31-45-43-23-15-18-27-50(43)66(60(45)58)39(6)56(46-24-14-17-26-49(46)62(63,64)65)59(61(7,8)9)38(5)37(4)55-44(42-22-13-12-21-36(42)3)30-33-53-57(55)47-25-16-19-28-51(47)67-53/h10,12-35,37H,1,5-6,11H2,2-4,7-9H3/b40-20+,59-56-/t37-/m0/s1. The lowest BCUT2D eigenvalue weighted by Crippen LogP contribution is -2.20. The number of hydrogen-bond donors (Lipinski definition) is 0. The Bertz CT molecular complexity index is 3780. The number of benzene rings is 7. The van der Waals surface area contributed by atoms with Gasteiger partial charge in [0.1, 0.15) is 22.3 Å². The Hall–Kier alpha value is -7.57. The first-order chi connectivity index (χ1) is 32.6. The Labute approximate surface area is 394 Å². The minimum atomic E-state index is -4.70. The van der Waals surface area contributed by atoms with Crippen LogP contribution in [0.2, 0.25) is 0 Å². The highest BCUT2D eigenvalue weighted by Crippen LogP contribution is 2.52. The van der Waals surface area contributed by atoms with Crippen LogP contribution in [0.25, 0.3) is 93.7 Å². The molecule has 0 aliphatic carbocycles. The number of aryl methyl sites for hydroxylation is 1. The van der Waals surface area contributed by atoms with Crippen molar-refractivity contribution in [1.29, 1.82) is 0 Å². The normalized spacial score (nSPS) is 13.6. The van der Waals surface area contributed by atoms with E-state index in [1.807, 2.05) is 78.9 Å². The Morgan fingerprint density at radius 1 is 0.676 bits per heavy atom. The van der Waals surface area contributed by atoms with Gasteiger partial charge in [0.25, 0.3) is 0 Å². The number of fused-ring (bicyclic) bond motifs is 10. The van der Waals surface area contributed by atoms with Crippen LogP contribution in [0.4, 0.5) is 13.2 Å².